The molecule has 2 heterocycles. The van der Waals surface area contributed by atoms with E-state index in [9.17, 15) is 9.59 Å². The lowest BCUT2D eigenvalue weighted by molar-refractivity contribution is -0.127. The van der Waals surface area contributed by atoms with Crippen molar-refractivity contribution in [2.45, 2.75) is 56.5 Å². The summed E-state index contributed by atoms with van der Waals surface area (Å²) in [6.45, 7) is 0.572. The summed E-state index contributed by atoms with van der Waals surface area (Å²) in [5.74, 6) is 1.25. The maximum Gasteiger partial charge on any atom is 0.412 e. The molecule has 0 radical (unpaired) electrons. The zero-order valence-corrected chi connectivity index (χ0v) is 17.9. The van der Waals surface area contributed by atoms with Crippen LogP contribution in [0.2, 0.25) is 0 Å². The molecule has 31 heavy (non-hydrogen) atoms. The first-order valence-electron chi connectivity index (χ1n) is 10.8. The molecule has 9 nitrogen and oxygen atoms in total. The number of anilines is 1. The minimum absolute atomic E-state index is 0.0756. The van der Waals surface area contributed by atoms with Crippen LogP contribution in [-0.4, -0.2) is 63.8 Å². The fourth-order valence-electron chi connectivity index (χ4n) is 4.52. The van der Waals surface area contributed by atoms with Crippen LogP contribution in [0.1, 0.15) is 32.1 Å². The van der Waals surface area contributed by atoms with Crippen LogP contribution >= 0.6 is 0 Å². The average molecular weight is 434 g/mol. The molecule has 0 unspecified atom stereocenters. The van der Waals surface area contributed by atoms with Crippen LogP contribution in [0.5, 0.6) is 11.5 Å². The number of hydrogen-bond acceptors (Lipinski definition) is 7. The van der Waals surface area contributed by atoms with Crippen molar-refractivity contribution >= 4 is 17.7 Å². The number of amides is 2. The number of hydrogen-bond donors (Lipinski definition) is 2. The third-order valence-corrected chi connectivity index (χ3v) is 6.17. The van der Waals surface area contributed by atoms with Gasteiger partial charge < -0.3 is 29.0 Å². The quantitative estimate of drug-likeness (QED) is 0.709. The highest BCUT2D eigenvalue weighted by Gasteiger charge is 2.50. The molecule has 3 aliphatic rings. The molecule has 0 bridgehead atoms. The van der Waals surface area contributed by atoms with Gasteiger partial charge in [-0.15, -0.1) is 0 Å². The molecule has 2 amide bonds. The number of benzene rings is 1. The smallest absolute Gasteiger partial charge is 0.412 e. The van der Waals surface area contributed by atoms with E-state index in [-0.39, 0.29) is 30.6 Å². The lowest BCUT2D eigenvalue weighted by Crippen LogP contribution is -2.46. The molecule has 2 saturated heterocycles. The maximum absolute atomic E-state index is 12.6. The number of carbonyl (C=O) groups excluding carboxylic acids is 2. The number of methoxy groups -OCH3 is 2. The summed E-state index contributed by atoms with van der Waals surface area (Å²) < 4.78 is 27.6. The van der Waals surface area contributed by atoms with Crippen molar-refractivity contribution in [3.05, 3.63) is 18.2 Å². The molecule has 2 aliphatic heterocycles. The molecule has 9 heteroatoms. The van der Waals surface area contributed by atoms with Gasteiger partial charge in [0.15, 0.2) is 6.10 Å². The molecule has 4 rings (SSSR count). The van der Waals surface area contributed by atoms with Gasteiger partial charge in [0.25, 0.3) is 0 Å². The first kappa shape index (κ1) is 21.7. The third-order valence-electron chi connectivity index (χ3n) is 6.17. The van der Waals surface area contributed by atoms with Crippen molar-refractivity contribution in [3.8, 4) is 11.5 Å². The summed E-state index contributed by atoms with van der Waals surface area (Å²) in [6.07, 6.45) is 3.40. The Morgan fingerprint density at radius 1 is 0.935 bits per heavy atom. The van der Waals surface area contributed by atoms with Gasteiger partial charge in [-0.3, -0.25) is 10.1 Å². The van der Waals surface area contributed by atoms with Crippen LogP contribution < -0.4 is 20.1 Å². The summed E-state index contributed by atoms with van der Waals surface area (Å²) in [6, 6.07) is 4.82. The minimum Gasteiger partial charge on any atom is -0.497 e. The second-order valence-electron chi connectivity index (χ2n) is 8.22. The lowest BCUT2D eigenvalue weighted by Gasteiger charge is -2.24. The highest BCUT2D eigenvalue weighted by atomic mass is 16.6. The van der Waals surface area contributed by atoms with E-state index < -0.39 is 18.3 Å². The number of nitrogens with one attached hydrogen (secondary N) is 2. The average Bonchev–Trinajstić information content (AvgIpc) is 3.37. The molecular formula is C22H30N2O7. The summed E-state index contributed by atoms with van der Waals surface area (Å²) in [7, 11) is 3.07. The molecule has 170 valence electrons. The Bertz CT molecular complexity index is 774. The van der Waals surface area contributed by atoms with Gasteiger partial charge in [0, 0.05) is 24.1 Å². The number of ether oxygens (including phenoxy) is 5. The van der Waals surface area contributed by atoms with Crippen molar-refractivity contribution in [2.75, 3.05) is 32.8 Å². The first-order valence-corrected chi connectivity index (χ1v) is 10.8. The van der Waals surface area contributed by atoms with Crippen LogP contribution in [0.4, 0.5) is 10.5 Å². The van der Waals surface area contributed by atoms with Gasteiger partial charge in [-0.05, 0) is 12.8 Å². The molecule has 0 aromatic heterocycles. The first-order chi connectivity index (χ1) is 15.1. The van der Waals surface area contributed by atoms with Crippen LogP contribution in [0.25, 0.3) is 0 Å². The summed E-state index contributed by atoms with van der Waals surface area (Å²) in [4.78, 5) is 25.0. The molecule has 3 fully saturated rings. The van der Waals surface area contributed by atoms with Crippen molar-refractivity contribution in [2.24, 2.45) is 5.92 Å². The molecule has 0 spiro atoms. The lowest BCUT2D eigenvalue weighted by atomic mass is 9.88. The summed E-state index contributed by atoms with van der Waals surface area (Å²) in [5.41, 5.74) is 0.488. The Labute approximate surface area is 181 Å². The number of carbonyl (C=O) groups is 2. The molecule has 1 aliphatic carbocycles. The Morgan fingerprint density at radius 3 is 2.29 bits per heavy atom. The van der Waals surface area contributed by atoms with Gasteiger partial charge in [0.2, 0.25) is 5.91 Å². The van der Waals surface area contributed by atoms with Crippen molar-refractivity contribution < 1.29 is 33.3 Å². The van der Waals surface area contributed by atoms with Crippen molar-refractivity contribution in [1.29, 1.82) is 0 Å². The maximum atomic E-state index is 12.6. The fourth-order valence-corrected chi connectivity index (χ4v) is 4.52. The van der Waals surface area contributed by atoms with E-state index in [4.69, 9.17) is 23.7 Å². The van der Waals surface area contributed by atoms with Gasteiger partial charge in [-0.2, -0.15) is 0 Å². The number of fused-ring (bicyclic) bond motifs is 1. The Kier molecular flexibility index (Phi) is 6.82. The van der Waals surface area contributed by atoms with E-state index in [1.165, 1.54) is 20.6 Å². The normalized spacial score (nSPS) is 27.9. The third kappa shape index (κ3) is 5.04. The Morgan fingerprint density at radius 2 is 1.61 bits per heavy atom. The van der Waals surface area contributed by atoms with E-state index in [0.29, 0.717) is 23.8 Å². The van der Waals surface area contributed by atoms with Crippen LogP contribution in [0, 0.1) is 5.92 Å². The predicted octanol–water partition coefficient (Wildman–Crippen LogP) is 2.48. The Hall–Kier alpha value is -2.52. The van der Waals surface area contributed by atoms with E-state index in [0.717, 1.165) is 25.7 Å². The van der Waals surface area contributed by atoms with Gasteiger partial charge in [0.1, 0.15) is 23.7 Å². The van der Waals surface area contributed by atoms with E-state index in [1.807, 2.05) is 0 Å². The fraction of sp³-hybridized carbons (Fsp3) is 0.636. The summed E-state index contributed by atoms with van der Waals surface area (Å²) >= 11 is 0. The standard InChI is InChI=1S/C22H30N2O7/c1-27-15-8-14(9-16(10-15)28-2)23-22(26)31-18-12-30-19-17(11-29-20(18)19)24-21(25)13-6-4-3-5-7-13/h8-10,13,17-20H,3-7,11-12H2,1-2H3,(H,23,26)(H,24,25)/t17-,18+,19+,20+/m0/s1. The largest absolute Gasteiger partial charge is 0.497 e. The molecule has 1 aromatic carbocycles. The van der Waals surface area contributed by atoms with E-state index >= 15 is 0 Å². The molecule has 2 N–H and O–H groups in total. The summed E-state index contributed by atoms with van der Waals surface area (Å²) in [5, 5.41) is 5.77. The second-order valence-corrected chi connectivity index (χ2v) is 8.22. The molecule has 1 saturated carbocycles. The molecule has 4 atom stereocenters. The number of rotatable bonds is 6. The van der Waals surface area contributed by atoms with Crippen molar-refractivity contribution in [3.63, 3.8) is 0 Å². The van der Waals surface area contributed by atoms with Gasteiger partial charge >= 0.3 is 6.09 Å². The van der Waals surface area contributed by atoms with E-state index in [2.05, 4.69) is 10.6 Å². The Balaban J connectivity index is 1.30. The SMILES string of the molecule is COc1cc(NC(=O)O[C@@H]2CO[C@H]3[C@@H]2OC[C@@H]3NC(=O)C2CCCCC2)cc(OC)c1. The van der Waals surface area contributed by atoms with Crippen LogP contribution in [0.3, 0.4) is 0 Å². The van der Waals surface area contributed by atoms with Gasteiger partial charge in [-0.1, -0.05) is 19.3 Å². The van der Waals surface area contributed by atoms with E-state index in [1.54, 1.807) is 18.2 Å². The van der Waals surface area contributed by atoms with Crippen LogP contribution in [-0.2, 0) is 19.0 Å². The highest BCUT2D eigenvalue weighted by Crippen LogP contribution is 2.31. The highest BCUT2D eigenvalue weighted by molar-refractivity contribution is 5.85. The zero-order valence-electron chi connectivity index (χ0n) is 17.9. The minimum atomic E-state index is -0.622. The molecular weight excluding hydrogens is 404 g/mol. The topological polar surface area (TPSA) is 104 Å². The monoisotopic (exact) mass is 434 g/mol. The van der Waals surface area contributed by atoms with Crippen molar-refractivity contribution in [1.82, 2.24) is 5.32 Å². The zero-order chi connectivity index (χ0) is 21.8. The molecule has 1 aromatic rings. The van der Waals surface area contributed by atoms with Crippen LogP contribution in [0.15, 0.2) is 18.2 Å². The van der Waals surface area contributed by atoms with Gasteiger partial charge in [-0.25, -0.2) is 4.79 Å². The van der Waals surface area contributed by atoms with Gasteiger partial charge in [0.05, 0.1) is 39.2 Å². The predicted molar refractivity (Wildman–Crippen MR) is 111 cm³/mol. The second kappa shape index (κ2) is 9.74.